The van der Waals surface area contributed by atoms with E-state index in [0.29, 0.717) is 5.92 Å². The van der Waals surface area contributed by atoms with Crippen LogP contribution >= 0.6 is 0 Å². The van der Waals surface area contributed by atoms with E-state index in [1.165, 1.54) is 6.55 Å². The summed E-state index contributed by atoms with van der Waals surface area (Å²) in [5.41, 5.74) is 0. The lowest BCUT2D eigenvalue weighted by Crippen LogP contribution is -1.80. The van der Waals surface area contributed by atoms with Crippen LogP contribution in [0.25, 0.3) is 0 Å². The molecule has 0 rings (SSSR count). The zero-order chi connectivity index (χ0) is 5.70. The Morgan fingerprint density at radius 2 is 2.83 bits per heavy atom. The van der Waals surface area contributed by atoms with Gasteiger partial charge in [-0.15, -0.1) is 6.55 Å². The van der Waals surface area contributed by atoms with Gasteiger partial charge in [-0.2, -0.15) is 0 Å². The maximum absolute atomic E-state index is 6.66. The second kappa shape index (κ2) is 2.95. The molecule has 0 aliphatic carbocycles. The van der Waals surface area contributed by atoms with E-state index in [1.54, 1.807) is 0 Å². The minimum absolute atomic E-state index is 0.581. The fourth-order valence-corrected chi connectivity index (χ4v) is 0.136. The van der Waals surface area contributed by atoms with E-state index in [2.05, 4.69) is 13.8 Å². The zero-order valence-corrected chi connectivity index (χ0v) is 4.44. The summed E-state index contributed by atoms with van der Waals surface area (Å²) in [6.07, 6.45) is 3.02. The summed E-state index contributed by atoms with van der Waals surface area (Å²) in [6, 6.07) is 0. The van der Waals surface area contributed by atoms with Crippen LogP contribution in [0.2, 0.25) is 0 Å². The topological polar surface area (TPSA) is 0 Å². The summed E-state index contributed by atoms with van der Waals surface area (Å²) < 4.78 is 6.66. The van der Waals surface area contributed by atoms with Crippen LogP contribution in [0.1, 0.15) is 21.6 Å². The first-order valence-corrected chi connectivity index (χ1v) is 2.36. The number of allylic oxidation sites excluding steroid dienone is 1. The van der Waals surface area contributed by atoms with Gasteiger partial charge >= 0.3 is 0 Å². The summed E-state index contributed by atoms with van der Waals surface area (Å²) >= 11 is 0. The molecule has 1 atom stereocenters. The Morgan fingerprint density at radius 1 is 2.17 bits per heavy atom. The maximum Gasteiger partial charge on any atom is 0.0535 e. The van der Waals surface area contributed by atoms with Crippen molar-refractivity contribution in [3.63, 3.8) is 0 Å². The molecule has 0 radical (unpaired) electrons. The van der Waals surface area contributed by atoms with E-state index < -0.39 is 0 Å². The molecule has 0 N–H and O–H groups in total. The van der Waals surface area contributed by atoms with E-state index in [1.807, 2.05) is 6.08 Å². The Morgan fingerprint density at radius 3 is 3.00 bits per heavy atom. The molecule has 0 aliphatic rings. The predicted octanol–water partition coefficient (Wildman–Crippen LogP) is 2.22. The van der Waals surface area contributed by atoms with Gasteiger partial charge in [0.1, 0.15) is 0 Å². The van der Waals surface area contributed by atoms with E-state index in [9.17, 15) is 0 Å². The fourth-order valence-electron chi connectivity index (χ4n) is 0.136. The van der Waals surface area contributed by atoms with Crippen molar-refractivity contribution in [3.8, 4) is 0 Å². The normalized spacial score (nSPS) is 18.0. The summed E-state index contributed by atoms with van der Waals surface area (Å²) in [6.45, 7) is 5.57. The van der Waals surface area contributed by atoms with Crippen molar-refractivity contribution in [1.29, 1.82) is 0 Å². The fraction of sp³-hybridized carbons (Fsp3) is 0.667. The summed E-state index contributed by atoms with van der Waals surface area (Å²) in [4.78, 5) is 0. The molecule has 0 amide bonds. The molecule has 0 fully saturated rings. The van der Waals surface area contributed by atoms with Crippen molar-refractivity contribution in [2.75, 3.05) is 0 Å². The highest BCUT2D eigenvalue weighted by molar-refractivity contribution is 4.72. The molecule has 1 unspecified atom stereocenters. The quantitative estimate of drug-likeness (QED) is 0.452. The van der Waals surface area contributed by atoms with Crippen LogP contribution in [0.5, 0.6) is 0 Å². The SMILES string of the molecule is [3H]C=CC(C)CC. The average molecular weight is 86.2 g/mol. The third kappa shape index (κ3) is 2.01. The largest absolute Gasteiger partial charge is 0.103 e. The van der Waals surface area contributed by atoms with Crippen molar-refractivity contribution >= 4 is 0 Å². The number of rotatable bonds is 2. The Balaban J connectivity index is 3.16. The van der Waals surface area contributed by atoms with E-state index in [4.69, 9.17) is 1.37 Å². The molecule has 0 heteroatoms. The molecule has 0 saturated carbocycles. The average Bonchev–Trinajstić information content (AvgIpc) is 1.68. The van der Waals surface area contributed by atoms with Crippen LogP contribution in [0.4, 0.5) is 0 Å². The standard InChI is InChI=1S/C6H12/c1-4-6(3)5-2/h4,6H,1,5H2,2-3H3/i1T. The Kier molecular flexibility index (Phi) is 1.93. The smallest absolute Gasteiger partial charge is 0.0535 e. The zero-order valence-electron chi connectivity index (χ0n) is 5.44. The van der Waals surface area contributed by atoms with Crippen molar-refractivity contribution in [1.82, 2.24) is 0 Å². The van der Waals surface area contributed by atoms with Crippen LogP contribution in [0, 0.1) is 5.92 Å². The van der Waals surface area contributed by atoms with Crippen LogP contribution in [-0.4, -0.2) is 0 Å². The van der Waals surface area contributed by atoms with Crippen LogP contribution in [0.15, 0.2) is 12.6 Å². The van der Waals surface area contributed by atoms with Gasteiger partial charge in [-0.1, -0.05) is 26.3 Å². The Labute approximate surface area is 41.3 Å². The molecule has 0 aromatic heterocycles. The van der Waals surface area contributed by atoms with Crippen LogP contribution < -0.4 is 0 Å². The highest BCUT2D eigenvalue weighted by Crippen LogP contribution is 1.98. The molecular weight excluding hydrogens is 72.1 g/mol. The lowest BCUT2D eigenvalue weighted by atomic mass is 10.1. The molecule has 0 bridgehead atoms. The molecule has 6 heavy (non-hydrogen) atoms. The van der Waals surface area contributed by atoms with Gasteiger partial charge in [-0.3, -0.25) is 0 Å². The van der Waals surface area contributed by atoms with E-state index in [-0.39, 0.29) is 0 Å². The molecule has 0 saturated heterocycles. The molecule has 0 aromatic rings. The van der Waals surface area contributed by atoms with Crippen molar-refractivity contribution in [3.05, 3.63) is 12.6 Å². The van der Waals surface area contributed by atoms with Gasteiger partial charge < -0.3 is 0 Å². The maximum atomic E-state index is 6.66. The monoisotopic (exact) mass is 86.1 g/mol. The minimum Gasteiger partial charge on any atom is -0.103 e. The highest BCUT2D eigenvalue weighted by Gasteiger charge is 1.84. The minimum atomic E-state index is 0.581. The summed E-state index contributed by atoms with van der Waals surface area (Å²) in [7, 11) is 0. The molecule has 0 aromatic carbocycles. The van der Waals surface area contributed by atoms with E-state index in [0.717, 1.165) is 6.42 Å². The molecule has 0 nitrogen and oxygen atoms in total. The third-order valence-electron chi connectivity index (χ3n) is 0.972. The van der Waals surface area contributed by atoms with Crippen LogP contribution in [0.3, 0.4) is 0 Å². The molecular formula is C6H12. The summed E-state index contributed by atoms with van der Waals surface area (Å²) in [5.74, 6) is 0.581. The third-order valence-corrected chi connectivity index (χ3v) is 0.972. The molecule has 36 valence electrons. The van der Waals surface area contributed by atoms with Gasteiger partial charge in [0, 0.05) is 0 Å². The van der Waals surface area contributed by atoms with Crippen molar-refractivity contribution in [2.24, 2.45) is 5.92 Å². The molecule has 0 spiro atoms. The summed E-state index contributed by atoms with van der Waals surface area (Å²) in [5, 5.41) is 0. The molecule has 0 heterocycles. The van der Waals surface area contributed by atoms with Gasteiger partial charge in [-0.05, 0) is 5.92 Å². The van der Waals surface area contributed by atoms with Gasteiger partial charge in [0.05, 0.1) is 1.37 Å². The number of hydrogen-bond donors (Lipinski definition) is 0. The first kappa shape index (κ1) is 3.91. The van der Waals surface area contributed by atoms with Crippen LogP contribution in [-0.2, 0) is 0 Å². The predicted molar refractivity (Wildman–Crippen MR) is 29.7 cm³/mol. The second-order valence-electron chi connectivity index (χ2n) is 1.58. The van der Waals surface area contributed by atoms with Gasteiger partial charge in [0.25, 0.3) is 0 Å². The van der Waals surface area contributed by atoms with Gasteiger partial charge in [0.2, 0.25) is 0 Å². The van der Waals surface area contributed by atoms with Crippen molar-refractivity contribution in [2.45, 2.75) is 20.3 Å². The van der Waals surface area contributed by atoms with Gasteiger partial charge in [0.15, 0.2) is 0 Å². The second-order valence-corrected chi connectivity index (χ2v) is 1.58. The lowest BCUT2D eigenvalue weighted by Gasteiger charge is -1.93. The first-order chi connectivity index (χ1) is 3.31. The molecule has 0 aliphatic heterocycles. The highest BCUT2D eigenvalue weighted by atomic mass is 13.9. The van der Waals surface area contributed by atoms with E-state index >= 15 is 0 Å². The Hall–Kier alpha value is -0.260. The van der Waals surface area contributed by atoms with Gasteiger partial charge in [-0.25, -0.2) is 0 Å². The van der Waals surface area contributed by atoms with Crippen molar-refractivity contribution < 1.29 is 1.37 Å². The Bertz CT molecular complexity index is 57.2. The lowest BCUT2D eigenvalue weighted by molar-refractivity contribution is 0.700. The first-order valence-electron chi connectivity index (χ1n) is 2.94. The number of hydrogen-bond acceptors (Lipinski definition) is 0.